The van der Waals surface area contributed by atoms with Crippen molar-refractivity contribution >= 4 is 6.09 Å². The van der Waals surface area contributed by atoms with Gasteiger partial charge in [-0.25, -0.2) is 9.18 Å². The first-order chi connectivity index (χ1) is 6.22. The predicted molar refractivity (Wildman–Crippen MR) is 49.3 cm³/mol. The van der Waals surface area contributed by atoms with E-state index in [4.69, 9.17) is 6.11 Å². The second-order valence-corrected chi connectivity index (χ2v) is 3.49. The second kappa shape index (κ2) is 4.84. The molecule has 0 aromatic heterocycles. The number of nitrogens with one attached hydrogen (secondary N) is 1. The van der Waals surface area contributed by atoms with Gasteiger partial charge in [-0.2, -0.15) is 0 Å². The Morgan fingerprint density at radius 3 is 2.69 bits per heavy atom. The quantitative estimate of drug-likeness (QED) is 0.691. The van der Waals surface area contributed by atoms with Crippen LogP contribution in [0.5, 0.6) is 0 Å². The van der Waals surface area contributed by atoms with Gasteiger partial charge in [-0.15, -0.1) is 6.58 Å². The summed E-state index contributed by atoms with van der Waals surface area (Å²) in [6.45, 7) is 7.26. The van der Waals surface area contributed by atoms with Crippen molar-refractivity contribution in [3.05, 3.63) is 12.7 Å². The fraction of sp³-hybridized carbons (Fsp3) is 0.667. The van der Waals surface area contributed by atoms with E-state index in [1.807, 2.05) is 0 Å². The second-order valence-electron chi connectivity index (χ2n) is 3.49. The van der Waals surface area contributed by atoms with Crippen molar-refractivity contribution in [1.29, 1.82) is 0 Å². The average Bonchev–Trinajstić information content (AvgIpc) is 2.00. The van der Waals surface area contributed by atoms with Crippen molar-refractivity contribution in [2.24, 2.45) is 0 Å². The summed E-state index contributed by atoms with van der Waals surface area (Å²) in [6, 6.07) is -1.80. The van der Waals surface area contributed by atoms with Crippen LogP contribution in [-0.4, -0.2) is 24.4 Å². The van der Waals surface area contributed by atoms with E-state index in [1.165, 1.54) is 0 Å². The lowest BCUT2D eigenvalue weighted by Crippen LogP contribution is -2.39. The third-order valence-corrected chi connectivity index (χ3v) is 1.05. The van der Waals surface area contributed by atoms with Gasteiger partial charge in [-0.05, 0) is 20.8 Å². The number of alkyl halides is 1. The minimum atomic E-state index is -1.80. The molecule has 0 aliphatic carbocycles. The summed E-state index contributed by atoms with van der Waals surface area (Å²) in [7, 11) is 0. The molecule has 0 aliphatic heterocycles. The van der Waals surface area contributed by atoms with Crippen LogP contribution in [0, 0.1) is 0 Å². The van der Waals surface area contributed by atoms with Crippen LogP contribution in [0.15, 0.2) is 12.7 Å². The lowest BCUT2D eigenvalue weighted by molar-refractivity contribution is 0.0508. The lowest BCUT2D eigenvalue weighted by Gasteiger charge is -2.21. The van der Waals surface area contributed by atoms with Gasteiger partial charge in [-0.1, -0.05) is 6.08 Å². The Kier molecular flexibility index (Phi) is 3.73. The normalized spacial score (nSPS) is 16.8. The van der Waals surface area contributed by atoms with E-state index in [2.05, 4.69) is 11.9 Å². The Bertz CT molecular complexity index is 227. The van der Waals surface area contributed by atoms with Gasteiger partial charge in [0.2, 0.25) is 0 Å². The number of carbonyl (C=O) groups is 1. The molecule has 76 valence electrons. The molecule has 0 fully saturated rings. The van der Waals surface area contributed by atoms with Crippen LogP contribution in [0.4, 0.5) is 9.18 Å². The molecule has 0 spiro atoms. The summed E-state index contributed by atoms with van der Waals surface area (Å²) in [6.07, 6.45) is 0.182. The lowest BCUT2D eigenvalue weighted by atomic mass is 10.2. The van der Waals surface area contributed by atoms with E-state index in [9.17, 15) is 9.18 Å². The van der Waals surface area contributed by atoms with Crippen molar-refractivity contribution in [3.8, 4) is 0 Å². The SMILES string of the molecule is [2H]C(C=C)(CF)NC(=O)OC(C)(C)C. The molecule has 0 aromatic rings. The number of halogens is 1. The van der Waals surface area contributed by atoms with Crippen molar-refractivity contribution in [1.82, 2.24) is 5.32 Å². The average molecular weight is 190 g/mol. The van der Waals surface area contributed by atoms with Crippen molar-refractivity contribution in [2.75, 3.05) is 6.67 Å². The molecule has 13 heavy (non-hydrogen) atoms. The van der Waals surface area contributed by atoms with Gasteiger partial charge < -0.3 is 10.1 Å². The molecule has 0 heterocycles. The van der Waals surface area contributed by atoms with Crippen LogP contribution in [0.1, 0.15) is 22.1 Å². The number of hydrogen-bond acceptors (Lipinski definition) is 2. The molecule has 1 amide bonds. The van der Waals surface area contributed by atoms with Crippen LogP contribution in [0.3, 0.4) is 0 Å². The Morgan fingerprint density at radius 2 is 2.38 bits per heavy atom. The highest BCUT2D eigenvalue weighted by Gasteiger charge is 2.17. The third kappa shape index (κ3) is 6.13. The van der Waals surface area contributed by atoms with Crippen molar-refractivity contribution in [2.45, 2.75) is 32.4 Å². The molecule has 0 saturated carbocycles. The van der Waals surface area contributed by atoms with Gasteiger partial charge in [0.05, 0.1) is 7.39 Å². The minimum absolute atomic E-state index is 0.664. The van der Waals surface area contributed by atoms with E-state index in [0.29, 0.717) is 0 Å². The maximum absolute atomic E-state index is 12.3. The fourth-order valence-corrected chi connectivity index (χ4v) is 0.574. The number of amides is 1. The molecule has 0 rings (SSSR count). The van der Waals surface area contributed by atoms with Gasteiger partial charge in [0.15, 0.2) is 0 Å². The van der Waals surface area contributed by atoms with Gasteiger partial charge in [0.25, 0.3) is 0 Å². The molecule has 3 nitrogen and oxygen atoms in total. The van der Waals surface area contributed by atoms with E-state index >= 15 is 0 Å². The zero-order valence-corrected chi connectivity index (χ0v) is 8.19. The number of rotatable bonds is 3. The number of hydrogen-bond donors (Lipinski definition) is 1. The predicted octanol–water partition coefficient (Wildman–Crippen LogP) is 2.04. The highest BCUT2D eigenvalue weighted by Crippen LogP contribution is 2.06. The summed E-state index contributed by atoms with van der Waals surface area (Å²) in [4.78, 5) is 11.1. The molecule has 0 aliphatic rings. The van der Waals surface area contributed by atoms with E-state index < -0.39 is 24.4 Å². The van der Waals surface area contributed by atoms with Crippen LogP contribution in [0.2, 0.25) is 0 Å². The third-order valence-electron chi connectivity index (χ3n) is 1.05. The van der Waals surface area contributed by atoms with E-state index in [-0.39, 0.29) is 0 Å². The maximum atomic E-state index is 12.3. The Morgan fingerprint density at radius 1 is 1.85 bits per heavy atom. The Balaban J connectivity index is 4.25. The molecule has 0 bridgehead atoms. The summed E-state index contributed by atoms with van der Waals surface area (Å²) < 4.78 is 24.5. The smallest absolute Gasteiger partial charge is 0.408 e. The largest absolute Gasteiger partial charge is 0.444 e. The number of carbonyl (C=O) groups excluding carboxylic acids is 1. The fourth-order valence-electron chi connectivity index (χ4n) is 0.574. The minimum Gasteiger partial charge on any atom is -0.444 e. The monoisotopic (exact) mass is 190 g/mol. The highest BCUT2D eigenvalue weighted by molar-refractivity contribution is 5.68. The van der Waals surface area contributed by atoms with Crippen LogP contribution >= 0.6 is 0 Å². The summed E-state index contributed by atoms with van der Waals surface area (Å²) >= 11 is 0. The topological polar surface area (TPSA) is 38.3 Å². The van der Waals surface area contributed by atoms with E-state index in [0.717, 1.165) is 6.08 Å². The van der Waals surface area contributed by atoms with Gasteiger partial charge in [-0.3, -0.25) is 0 Å². The first kappa shape index (κ1) is 10.0. The molecule has 4 heteroatoms. The van der Waals surface area contributed by atoms with Crippen LogP contribution < -0.4 is 5.32 Å². The standard InChI is InChI=1S/C9H16FNO2/c1-5-7(6-10)11-8(12)13-9(2,3)4/h5,7H,1,6H2,2-4H3,(H,11,12)/i7D. The summed E-state index contributed by atoms with van der Waals surface area (Å²) in [5.41, 5.74) is -0.664. The molecular weight excluding hydrogens is 173 g/mol. The summed E-state index contributed by atoms with van der Waals surface area (Å²) in [5, 5.41) is 2.06. The number of alkyl carbamates (subject to hydrolysis) is 1. The van der Waals surface area contributed by atoms with Crippen molar-refractivity contribution in [3.63, 3.8) is 0 Å². The first-order valence-electron chi connectivity index (χ1n) is 4.43. The summed E-state index contributed by atoms with van der Waals surface area (Å²) in [5.74, 6) is 0. The molecule has 0 radical (unpaired) electrons. The number of ether oxygens (including phenoxy) is 1. The molecule has 1 unspecified atom stereocenters. The van der Waals surface area contributed by atoms with Crippen LogP contribution in [-0.2, 0) is 4.74 Å². The zero-order chi connectivity index (χ0) is 11.4. The van der Waals surface area contributed by atoms with Gasteiger partial charge in [0.1, 0.15) is 12.3 Å². The zero-order valence-electron chi connectivity index (χ0n) is 9.19. The molecule has 1 atom stereocenters. The first-order valence-corrected chi connectivity index (χ1v) is 3.93. The molecule has 1 N–H and O–H groups in total. The maximum Gasteiger partial charge on any atom is 0.408 e. The van der Waals surface area contributed by atoms with E-state index in [1.54, 1.807) is 20.8 Å². The molecule has 0 saturated heterocycles. The highest BCUT2D eigenvalue weighted by atomic mass is 19.1. The van der Waals surface area contributed by atoms with Gasteiger partial charge >= 0.3 is 6.09 Å². The van der Waals surface area contributed by atoms with Gasteiger partial charge in [0, 0.05) is 0 Å². The van der Waals surface area contributed by atoms with Crippen molar-refractivity contribution < 1.29 is 15.3 Å². The Hall–Kier alpha value is -1.06. The Labute approximate surface area is 79.4 Å². The molecule has 0 aromatic carbocycles. The molecular formula is C9H16FNO2. The van der Waals surface area contributed by atoms with Crippen LogP contribution in [0.25, 0.3) is 0 Å².